The Labute approximate surface area is 121 Å². The van der Waals surface area contributed by atoms with Crippen LogP contribution in [0.15, 0.2) is 0 Å². The molecule has 3 nitrogen and oxygen atoms in total. The maximum absolute atomic E-state index is 12.3. The van der Waals surface area contributed by atoms with E-state index in [-0.39, 0.29) is 12.4 Å². The monoisotopic (exact) mass is 294 g/mol. The molecule has 1 aliphatic carbocycles. The van der Waals surface area contributed by atoms with E-state index in [0.717, 1.165) is 45.6 Å². The van der Waals surface area contributed by atoms with Gasteiger partial charge in [-0.2, -0.15) is 0 Å². The minimum atomic E-state index is 0. The van der Waals surface area contributed by atoms with Crippen molar-refractivity contribution in [3.8, 4) is 0 Å². The highest BCUT2D eigenvalue weighted by Crippen LogP contribution is 2.25. The van der Waals surface area contributed by atoms with E-state index >= 15 is 0 Å². The van der Waals surface area contributed by atoms with Gasteiger partial charge >= 0.3 is 0 Å². The number of amides is 1. The van der Waals surface area contributed by atoms with Crippen molar-refractivity contribution >= 4 is 29.9 Å². The molecule has 0 spiro atoms. The third-order valence-electron chi connectivity index (χ3n) is 4.04. The molecule has 1 saturated carbocycles. The van der Waals surface area contributed by atoms with Crippen LogP contribution in [0.3, 0.4) is 0 Å². The van der Waals surface area contributed by atoms with E-state index < -0.39 is 0 Å². The summed E-state index contributed by atoms with van der Waals surface area (Å²) in [7, 11) is 0. The van der Waals surface area contributed by atoms with E-state index in [4.69, 9.17) is 11.6 Å². The molecule has 0 aromatic carbocycles. The van der Waals surface area contributed by atoms with Gasteiger partial charge in [0.05, 0.1) is 0 Å². The molecule has 0 aromatic heterocycles. The first-order chi connectivity index (χ1) is 8.31. The Morgan fingerprint density at radius 3 is 2.22 bits per heavy atom. The lowest BCUT2D eigenvalue weighted by Crippen LogP contribution is -2.50. The number of piperazine rings is 1. The second kappa shape index (κ2) is 8.23. The zero-order valence-electron chi connectivity index (χ0n) is 10.9. The Morgan fingerprint density at radius 1 is 1.06 bits per heavy atom. The average Bonchev–Trinajstić information content (AvgIpc) is 2.40. The van der Waals surface area contributed by atoms with Crippen molar-refractivity contribution in [3.63, 3.8) is 0 Å². The first kappa shape index (κ1) is 16.1. The lowest BCUT2D eigenvalue weighted by molar-refractivity contribution is -0.138. The molecule has 5 heteroatoms. The highest BCUT2D eigenvalue weighted by atomic mass is 35.5. The Balaban J connectivity index is 0.00000162. The van der Waals surface area contributed by atoms with Crippen LogP contribution in [0.4, 0.5) is 0 Å². The van der Waals surface area contributed by atoms with Gasteiger partial charge in [-0.15, -0.1) is 24.0 Å². The van der Waals surface area contributed by atoms with Gasteiger partial charge in [0.25, 0.3) is 0 Å². The molecule has 1 saturated heterocycles. The normalized spacial score (nSPS) is 22.6. The van der Waals surface area contributed by atoms with Crippen LogP contribution >= 0.6 is 24.0 Å². The topological polar surface area (TPSA) is 23.6 Å². The third-order valence-corrected chi connectivity index (χ3v) is 4.21. The van der Waals surface area contributed by atoms with E-state index in [1.807, 2.05) is 0 Å². The molecule has 18 heavy (non-hydrogen) atoms. The van der Waals surface area contributed by atoms with E-state index in [1.54, 1.807) is 0 Å². The van der Waals surface area contributed by atoms with Crippen molar-refractivity contribution in [1.29, 1.82) is 0 Å². The van der Waals surface area contributed by atoms with Crippen LogP contribution in [-0.4, -0.2) is 54.3 Å². The van der Waals surface area contributed by atoms with Crippen molar-refractivity contribution in [2.45, 2.75) is 32.1 Å². The molecular weight excluding hydrogens is 271 g/mol. The Kier molecular flexibility index (Phi) is 7.35. The second-order valence-electron chi connectivity index (χ2n) is 5.19. The zero-order chi connectivity index (χ0) is 12.1. The molecule has 0 N–H and O–H groups in total. The van der Waals surface area contributed by atoms with Gasteiger partial charge in [0.2, 0.25) is 5.91 Å². The number of hydrogen-bond donors (Lipinski definition) is 0. The van der Waals surface area contributed by atoms with Crippen LogP contribution in [0.5, 0.6) is 0 Å². The lowest BCUT2D eigenvalue weighted by atomic mass is 9.88. The van der Waals surface area contributed by atoms with Gasteiger partial charge in [-0.25, -0.2) is 0 Å². The maximum atomic E-state index is 12.3. The summed E-state index contributed by atoms with van der Waals surface area (Å²) in [4.78, 5) is 16.7. The molecular formula is C13H24Cl2N2O. The van der Waals surface area contributed by atoms with Crippen LogP contribution in [0.25, 0.3) is 0 Å². The predicted molar refractivity (Wildman–Crippen MR) is 77.6 cm³/mol. The first-order valence-corrected chi connectivity index (χ1v) is 7.42. The van der Waals surface area contributed by atoms with E-state index in [0.29, 0.717) is 17.7 Å². The van der Waals surface area contributed by atoms with Crippen LogP contribution < -0.4 is 0 Å². The number of alkyl halides is 1. The lowest BCUT2D eigenvalue weighted by Gasteiger charge is -2.36. The number of carbonyl (C=O) groups is 1. The van der Waals surface area contributed by atoms with Gasteiger partial charge in [-0.3, -0.25) is 9.69 Å². The molecule has 1 aliphatic heterocycles. The summed E-state index contributed by atoms with van der Waals surface area (Å²) in [5.74, 6) is 1.43. The second-order valence-corrected chi connectivity index (χ2v) is 5.57. The molecule has 0 bridgehead atoms. The summed E-state index contributed by atoms with van der Waals surface area (Å²) in [6, 6.07) is 0. The van der Waals surface area contributed by atoms with Crippen molar-refractivity contribution in [2.75, 3.05) is 38.6 Å². The Hall–Kier alpha value is 0.01000. The summed E-state index contributed by atoms with van der Waals surface area (Å²) in [5.41, 5.74) is 0. The number of nitrogens with zero attached hydrogens (tertiary/aromatic N) is 2. The van der Waals surface area contributed by atoms with Gasteiger partial charge in [0.15, 0.2) is 0 Å². The summed E-state index contributed by atoms with van der Waals surface area (Å²) in [5, 5.41) is 0. The highest BCUT2D eigenvalue weighted by molar-refractivity contribution is 6.18. The van der Waals surface area contributed by atoms with Gasteiger partial charge < -0.3 is 4.90 Å². The predicted octanol–water partition coefficient (Wildman–Crippen LogP) is 2.37. The summed E-state index contributed by atoms with van der Waals surface area (Å²) < 4.78 is 0. The van der Waals surface area contributed by atoms with Gasteiger partial charge in [0, 0.05) is 44.5 Å². The fraction of sp³-hybridized carbons (Fsp3) is 0.923. The number of halogens is 2. The quantitative estimate of drug-likeness (QED) is 0.746. The molecule has 0 atom stereocenters. The van der Waals surface area contributed by atoms with Crippen molar-refractivity contribution in [3.05, 3.63) is 0 Å². The summed E-state index contributed by atoms with van der Waals surface area (Å²) in [6.07, 6.45) is 6.01. The van der Waals surface area contributed by atoms with Gasteiger partial charge in [0.1, 0.15) is 0 Å². The summed E-state index contributed by atoms with van der Waals surface area (Å²) >= 11 is 5.73. The minimum absolute atomic E-state index is 0. The first-order valence-electron chi connectivity index (χ1n) is 6.88. The van der Waals surface area contributed by atoms with Crippen LogP contribution in [0, 0.1) is 5.92 Å². The fourth-order valence-electron chi connectivity index (χ4n) is 2.92. The number of hydrogen-bond acceptors (Lipinski definition) is 2. The molecule has 2 rings (SSSR count). The molecule has 0 aromatic rings. The van der Waals surface area contributed by atoms with E-state index in [2.05, 4.69) is 9.80 Å². The molecule has 106 valence electrons. The van der Waals surface area contributed by atoms with Crippen LogP contribution in [0.1, 0.15) is 32.1 Å². The highest BCUT2D eigenvalue weighted by Gasteiger charge is 2.28. The summed E-state index contributed by atoms with van der Waals surface area (Å²) in [6.45, 7) is 4.72. The zero-order valence-corrected chi connectivity index (χ0v) is 12.5. The van der Waals surface area contributed by atoms with Gasteiger partial charge in [-0.05, 0) is 12.8 Å². The van der Waals surface area contributed by atoms with Crippen LogP contribution in [-0.2, 0) is 4.79 Å². The van der Waals surface area contributed by atoms with Crippen molar-refractivity contribution in [2.24, 2.45) is 5.92 Å². The maximum Gasteiger partial charge on any atom is 0.225 e. The van der Waals surface area contributed by atoms with Gasteiger partial charge in [-0.1, -0.05) is 19.3 Å². The largest absolute Gasteiger partial charge is 0.340 e. The Bertz CT molecular complexity index is 249. The third kappa shape index (κ3) is 4.29. The Morgan fingerprint density at radius 2 is 1.67 bits per heavy atom. The molecule has 2 aliphatic rings. The molecule has 1 heterocycles. The smallest absolute Gasteiger partial charge is 0.225 e. The fourth-order valence-corrected chi connectivity index (χ4v) is 3.16. The standard InChI is InChI=1S/C13H23ClN2O.ClH/c14-6-7-15-8-10-16(11-9-15)13(17)12-4-2-1-3-5-12;/h12H,1-11H2;1H. The number of rotatable bonds is 3. The number of carbonyl (C=O) groups excluding carboxylic acids is 1. The molecule has 1 amide bonds. The molecule has 0 radical (unpaired) electrons. The molecule has 2 fully saturated rings. The average molecular weight is 295 g/mol. The molecule has 0 unspecified atom stereocenters. The van der Waals surface area contributed by atoms with E-state index in [1.165, 1.54) is 19.3 Å². The SMILES string of the molecule is Cl.O=C(C1CCCCC1)N1CCN(CCCl)CC1. The minimum Gasteiger partial charge on any atom is -0.340 e. The van der Waals surface area contributed by atoms with E-state index in [9.17, 15) is 4.79 Å². The van der Waals surface area contributed by atoms with Crippen molar-refractivity contribution in [1.82, 2.24) is 9.80 Å². The van der Waals surface area contributed by atoms with Crippen LogP contribution in [0.2, 0.25) is 0 Å². The van der Waals surface area contributed by atoms with Crippen molar-refractivity contribution < 1.29 is 4.79 Å².